The predicted octanol–water partition coefficient (Wildman–Crippen LogP) is 20.8. The minimum atomic E-state index is -5.41. The van der Waals surface area contributed by atoms with Gasteiger partial charge in [0.2, 0.25) is 0 Å². The van der Waals surface area contributed by atoms with Crippen molar-refractivity contribution in [2.45, 2.75) is 30.9 Å². The molecule has 9 aromatic carbocycles. The number of benzene rings is 9. The van der Waals surface area contributed by atoms with Gasteiger partial charge in [0.15, 0.2) is 11.6 Å². The Bertz CT molecular complexity index is 4200. The number of nitrogens with zero attached hydrogens (tertiary/aromatic N) is 5. The largest absolute Gasteiger partial charge is 0.417 e. The molecule has 3 aromatic heterocycles. The van der Waals surface area contributed by atoms with Crippen LogP contribution in [-0.4, -0.2) is 24.5 Å². The average Bonchev–Trinajstić information content (AvgIpc) is 2.07. The van der Waals surface area contributed by atoms with Crippen LogP contribution in [0.3, 0.4) is 0 Å². The van der Waals surface area contributed by atoms with Gasteiger partial charge in [-0.25, -0.2) is 19.9 Å². The number of fused-ring (bicyclic) bond motifs is 3. The highest BCUT2D eigenvalue weighted by molar-refractivity contribution is 6.13. The summed E-state index contributed by atoms with van der Waals surface area (Å²) in [7, 11) is 0. The van der Waals surface area contributed by atoms with E-state index in [0.717, 1.165) is 36.4 Å². The van der Waals surface area contributed by atoms with E-state index in [-0.39, 0.29) is 96.3 Å². The lowest BCUT2D eigenvalue weighted by molar-refractivity contribution is -0.144. The standard InChI is InChI=1S/C67H36F15N5/c68-63(69,70)43-23-25-46(52(33-43)66(77,78)79)41-21-27-58-48(29-41)49-30-42(47-26-24-44(64(71,72)73)34-53(47)67(80,81)82)22-28-59(49)87(58)60-50(56-35-54(37-13-5-1-6-14-37)83-61(85-56)39-17-9-3-10-18-39)31-45(65(74,75)76)32-51(60)57-36-55(38-15-7-2-8-16-38)84-62(86-57)40-19-11-4-12-20-40/h1-36H. The molecule has 0 amide bonds. The van der Waals surface area contributed by atoms with Crippen LogP contribution in [0.15, 0.2) is 218 Å². The summed E-state index contributed by atoms with van der Waals surface area (Å²) in [5.74, 6) is 0.0873. The molecule has 0 unspecified atom stereocenters. The topological polar surface area (TPSA) is 56.5 Å². The van der Waals surface area contributed by atoms with Crippen LogP contribution in [0.2, 0.25) is 0 Å². The first-order chi connectivity index (χ1) is 41.3. The van der Waals surface area contributed by atoms with E-state index >= 15 is 39.5 Å². The summed E-state index contributed by atoms with van der Waals surface area (Å²) in [6.07, 6.45) is -26.4. The molecule has 12 aromatic rings. The maximum absolute atomic E-state index is 16.0. The molecule has 3 heterocycles. The first-order valence-corrected chi connectivity index (χ1v) is 26.2. The maximum atomic E-state index is 16.0. The summed E-state index contributed by atoms with van der Waals surface area (Å²) >= 11 is 0. The van der Waals surface area contributed by atoms with Gasteiger partial charge in [0.05, 0.1) is 67.3 Å². The van der Waals surface area contributed by atoms with Crippen molar-refractivity contribution >= 4 is 21.8 Å². The molecule has 434 valence electrons. The average molecular weight is 1200 g/mol. The maximum Gasteiger partial charge on any atom is 0.417 e. The summed E-state index contributed by atoms with van der Waals surface area (Å²) in [6.45, 7) is 0. The summed E-state index contributed by atoms with van der Waals surface area (Å²) in [5.41, 5.74) is -8.89. The third-order valence-electron chi connectivity index (χ3n) is 14.6. The highest BCUT2D eigenvalue weighted by Gasteiger charge is 2.41. The van der Waals surface area contributed by atoms with Crippen LogP contribution >= 0.6 is 0 Å². The first kappa shape index (κ1) is 57.3. The SMILES string of the molecule is FC(F)(F)c1cc(-c2cc(-c3ccccc3)nc(-c3ccccc3)n2)c(-n2c3ccc(-c4ccc(C(F)(F)F)cc4C(F)(F)F)cc3c3cc(-c4ccc(C(F)(F)F)cc4C(F)(F)F)ccc32)c(-c2cc(-c3ccccc3)nc(-c3ccccc3)n2)c1. The molecule has 0 saturated carbocycles. The normalized spacial score (nSPS) is 12.5. The number of halogens is 15. The van der Waals surface area contributed by atoms with Crippen LogP contribution in [0.4, 0.5) is 65.9 Å². The Morgan fingerprint density at radius 2 is 0.586 bits per heavy atom. The molecule has 5 nitrogen and oxygen atoms in total. The van der Waals surface area contributed by atoms with Crippen molar-refractivity contribution < 1.29 is 65.9 Å². The predicted molar refractivity (Wildman–Crippen MR) is 300 cm³/mol. The van der Waals surface area contributed by atoms with Crippen molar-refractivity contribution in [1.29, 1.82) is 0 Å². The third-order valence-corrected chi connectivity index (χ3v) is 14.6. The molecule has 12 rings (SSSR count). The van der Waals surface area contributed by atoms with Crippen LogP contribution in [-0.2, 0) is 30.9 Å². The Morgan fingerprint density at radius 3 is 0.920 bits per heavy atom. The number of hydrogen-bond acceptors (Lipinski definition) is 4. The van der Waals surface area contributed by atoms with Crippen LogP contribution in [0.1, 0.15) is 27.8 Å². The van der Waals surface area contributed by atoms with Crippen molar-refractivity contribution in [2.24, 2.45) is 0 Å². The van der Waals surface area contributed by atoms with E-state index < -0.39 is 69.8 Å². The lowest BCUT2D eigenvalue weighted by Crippen LogP contribution is -2.12. The molecule has 20 heteroatoms. The molecule has 0 radical (unpaired) electrons. The van der Waals surface area contributed by atoms with Crippen molar-refractivity contribution in [3.05, 3.63) is 246 Å². The van der Waals surface area contributed by atoms with E-state index in [0.29, 0.717) is 46.5 Å². The molecule has 0 aliphatic carbocycles. The summed E-state index contributed by atoms with van der Waals surface area (Å²) in [4.78, 5) is 19.6. The number of alkyl halides is 15. The molecule has 0 bridgehead atoms. The van der Waals surface area contributed by atoms with E-state index in [1.54, 1.807) is 121 Å². The van der Waals surface area contributed by atoms with Crippen LogP contribution < -0.4 is 0 Å². The van der Waals surface area contributed by atoms with Gasteiger partial charge in [-0.3, -0.25) is 0 Å². The molecule has 0 aliphatic rings. The Labute approximate surface area is 483 Å². The molecule has 0 aliphatic heterocycles. The fourth-order valence-electron chi connectivity index (χ4n) is 10.6. The molecule has 0 N–H and O–H groups in total. The van der Waals surface area contributed by atoms with Crippen LogP contribution in [0.25, 0.3) is 118 Å². The monoisotopic (exact) mass is 1200 g/mol. The fourth-order valence-corrected chi connectivity index (χ4v) is 10.6. The summed E-state index contributed by atoms with van der Waals surface area (Å²) in [6, 6.07) is 47.6. The zero-order valence-corrected chi connectivity index (χ0v) is 44.2. The zero-order valence-electron chi connectivity index (χ0n) is 44.2. The van der Waals surface area contributed by atoms with Crippen LogP contribution in [0.5, 0.6) is 0 Å². The van der Waals surface area contributed by atoms with E-state index in [1.807, 2.05) is 0 Å². The van der Waals surface area contributed by atoms with Gasteiger partial charge in [0.25, 0.3) is 0 Å². The second-order valence-corrected chi connectivity index (χ2v) is 20.1. The zero-order chi connectivity index (χ0) is 61.4. The van der Waals surface area contributed by atoms with Crippen LogP contribution in [0, 0.1) is 0 Å². The molecule has 0 fully saturated rings. The van der Waals surface area contributed by atoms with Gasteiger partial charge in [-0.15, -0.1) is 0 Å². The lowest BCUT2D eigenvalue weighted by atomic mass is 9.94. The van der Waals surface area contributed by atoms with E-state index in [4.69, 9.17) is 19.9 Å². The minimum Gasteiger partial charge on any atom is -0.308 e. The molecular weight excluding hydrogens is 1160 g/mol. The van der Waals surface area contributed by atoms with Gasteiger partial charge in [0.1, 0.15) is 0 Å². The minimum absolute atomic E-state index is 0.0432. The Kier molecular flexibility index (Phi) is 14.1. The molecule has 87 heavy (non-hydrogen) atoms. The van der Waals surface area contributed by atoms with E-state index in [2.05, 4.69) is 0 Å². The highest BCUT2D eigenvalue weighted by atomic mass is 19.4. The van der Waals surface area contributed by atoms with Gasteiger partial charge in [-0.2, -0.15) is 65.9 Å². The quantitative estimate of drug-likeness (QED) is 0.135. The molecule has 0 saturated heterocycles. The third kappa shape index (κ3) is 11.3. The van der Waals surface area contributed by atoms with Crippen molar-refractivity contribution in [2.75, 3.05) is 0 Å². The van der Waals surface area contributed by atoms with Gasteiger partial charge >= 0.3 is 30.9 Å². The van der Waals surface area contributed by atoms with Gasteiger partial charge in [-0.05, 0) is 95.1 Å². The van der Waals surface area contributed by atoms with Gasteiger partial charge in [-0.1, -0.05) is 146 Å². The highest BCUT2D eigenvalue weighted by Crippen LogP contribution is 2.49. The van der Waals surface area contributed by atoms with E-state index in [9.17, 15) is 26.3 Å². The second kappa shape index (κ2) is 21.4. The molecule has 0 atom stereocenters. The van der Waals surface area contributed by atoms with Gasteiger partial charge in [0, 0.05) is 44.2 Å². The summed E-state index contributed by atoms with van der Waals surface area (Å²) in [5, 5.41) is -0.241. The Hall–Kier alpha value is -10.1. The smallest absolute Gasteiger partial charge is 0.308 e. The Morgan fingerprint density at radius 1 is 0.253 bits per heavy atom. The van der Waals surface area contributed by atoms with E-state index in [1.165, 1.54) is 28.8 Å². The molecule has 0 spiro atoms. The fraction of sp³-hybridized carbons (Fsp3) is 0.0746. The Balaban J connectivity index is 1.26. The first-order valence-electron chi connectivity index (χ1n) is 26.2. The van der Waals surface area contributed by atoms with Crippen molar-refractivity contribution in [3.8, 4) is 95.7 Å². The number of aromatic nitrogens is 5. The number of hydrogen-bond donors (Lipinski definition) is 0. The molecular formula is C67H36F15N5. The second-order valence-electron chi connectivity index (χ2n) is 20.1. The lowest BCUT2D eigenvalue weighted by Gasteiger charge is -2.22. The van der Waals surface area contributed by atoms with Crippen molar-refractivity contribution in [1.82, 2.24) is 24.5 Å². The summed E-state index contributed by atoms with van der Waals surface area (Å²) < 4.78 is 224. The van der Waals surface area contributed by atoms with Crippen molar-refractivity contribution in [3.63, 3.8) is 0 Å². The number of rotatable bonds is 9. The van der Waals surface area contributed by atoms with Gasteiger partial charge < -0.3 is 4.57 Å².